The number of carbonyl (C=O) groups excluding carboxylic acids is 3. The van der Waals surface area contributed by atoms with Crippen LogP contribution in [0.5, 0.6) is 0 Å². The highest BCUT2D eigenvalue weighted by molar-refractivity contribution is 5.70. The van der Waals surface area contributed by atoms with Gasteiger partial charge < -0.3 is 28.6 Å². The Morgan fingerprint density at radius 1 is 0.443 bits per heavy atom. The first-order chi connectivity index (χ1) is 34.1. The lowest BCUT2D eigenvalue weighted by molar-refractivity contribution is -0.889. The van der Waals surface area contributed by atoms with Gasteiger partial charge in [0, 0.05) is 19.3 Å². The van der Waals surface area contributed by atoms with Crippen LogP contribution in [0.3, 0.4) is 0 Å². The molecule has 0 saturated carbocycles. The van der Waals surface area contributed by atoms with Crippen molar-refractivity contribution in [2.75, 3.05) is 41.0 Å². The molecule has 0 aromatic heterocycles. The Morgan fingerprint density at radius 3 is 1.20 bits per heavy atom. The molecule has 8 nitrogen and oxygen atoms in total. The second-order valence-corrected chi connectivity index (χ2v) is 20.8. The van der Waals surface area contributed by atoms with E-state index in [0.717, 1.165) is 64.2 Å². The zero-order valence-electron chi connectivity index (χ0n) is 46.4. The van der Waals surface area contributed by atoms with Crippen molar-refractivity contribution in [1.29, 1.82) is 0 Å². The van der Waals surface area contributed by atoms with Gasteiger partial charge in [-0.15, -0.1) is 0 Å². The lowest BCUT2D eigenvalue weighted by atomic mass is 10.0. The third-order valence-corrected chi connectivity index (χ3v) is 13.1. The number of ether oxygens (including phenoxy) is 3. The molecule has 0 saturated heterocycles. The zero-order chi connectivity index (χ0) is 51.3. The Morgan fingerprint density at radius 2 is 0.800 bits per heavy atom. The van der Waals surface area contributed by atoms with Crippen LogP contribution in [0.4, 0.5) is 0 Å². The highest BCUT2D eigenvalue weighted by atomic mass is 16.6. The number of carbonyl (C=O) groups is 3. The first kappa shape index (κ1) is 67.0. The number of allylic oxidation sites excluding steroid dienone is 10. The fourth-order valence-corrected chi connectivity index (χ4v) is 8.65. The number of carboxylic acid groups (broad SMARTS) is 1. The predicted octanol–water partition coefficient (Wildman–Crippen LogP) is 16.3. The van der Waals surface area contributed by atoms with E-state index in [1.54, 1.807) is 0 Å². The molecule has 0 rings (SSSR count). The summed E-state index contributed by atoms with van der Waals surface area (Å²) in [7, 11) is 5.42. The smallest absolute Gasteiger partial charge is 0.306 e. The molecule has 0 aromatic carbocycles. The van der Waals surface area contributed by atoms with Crippen molar-refractivity contribution in [3.05, 3.63) is 60.8 Å². The minimum Gasteiger partial charge on any atom is -0.544 e. The van der Waals surface area contributed by atoms with E-state index in [-0.39, 0.29) is 42.7 Å². The normalized spacial score (nSPS) is 13.2. The SMILES string of the molecule is CC/C=C/C/C=C/C/C=C/C/C=C/CCCCCCCCCCCCC(=O)OC(COCCC(C(=O)[O-])[N+](C)(C)C)COC(=O)CCCCCCCCC/C=C/CCCCCCCCCCCCCC. The maximum Gasteiger partial charge on any atom is 0.306 e. The third-order valence-electron chi connectivity index (χ3n) is 13.1. The van der Waals surface area contributed by atoms with Crippen LogP contribution >= 0.6 is 0 Å². The molecule has 0 aliphatic heterocycles. The van der Waals surface area contributed by atoms with E-state index in [1.165, 1.54) is 167 Å². The first-order valence-electron chi connectivity index (χ1n) is 29.3. The van der Waals surface area contributed by atoms with Crippen molar-refractivity contribution < 1.29 is 38.2 Å². The molecule has 0 aromatic rings. The molecule has 8 heteroatoms. The van der Waals surface area contributed by atoms with Gasteiger partial charge in [0.15, 0.2) is 6.10 Å². The molecule has 406 valence electrons. The maximum atomic E-state index is 12.8. The second-order valence-electron chi connectivity index (χ2n) is 20.8. The molecule has 2 unspecified atom stereocenters. The number of aliphatic carboxylic acids is 1. The molecule has 0 aliphatic rings. The number of quaternary nitrogens is 1. The number of rotatable bonds is 53. The number of esters is 2. The van der Waals surface area contributed by atoms with Gasteiger partial charge in [0.05, 0.1) is 40.3 Å². The van der Waals surface area contributed by atoms with E-state index >= 15 is 0 Å². The first-order valence-corrected chi connectivity index (χ1v) is 29.3. The van der Waals surface area contributed by atoms with Crippen LogP contribution in [-0.4, -0.2) is 75.5 Å². The van der Waals surface area contributed by atoms with Gasteiger partial charge in [-0.05, 0) is 77.0 Å². The Hall–Kier alpha value is -2.97. The highest BCUT2D eigenvalue weighted by Gasteiger charge is 2.25. The molecular formula is C62H111NO7. The van der Waals surface area contributed by atoms with Crippen molar-refractivity contribution in [3.8, 4) is 0 Å². The number of hydrogen-bond acceptors (Lipinski definition) is 7. The molecule has 0 spiro atoms. The summed E-state index contributed by atoms with van der Waals surface area (Å²) in [6.07, 6.45) is 66.9. The lowest BCUT2D eigenvalue weighted by Crippen LogP contribution is -2.55. The van der Waals surface area contributed by atoms with E-state index in [9.17, 15) is 19.5 Å². The molecular weight excluding hydrogens is 871 g/mol. The van der Waals surface area contributed by atoms with Gasteiger partial charge in [0.25, 0.3) is 0 Å². The third kappa shape index (κ3) is 50.0. The summed E-state index contributed by atoms with van der Waals surface area (Å²) in [6, 6.07) is -0.730. The number of nitrogens with zero attached hydrogens (tertiary/aromatic N) is 1. The van der Waals surface area contributed by atoms with Crippen LogP contribution in [0.25, 0.3) is 0 Å². The predicted molar refractivity (Wildman–Crippen MR) is 296 cm³/mol. The van der Waals surface area contributed by atoms with E-state index < -0.39 is 18.1 Å². The van der Waals surface area contributed by atoms with Crippen LogP contribution in [0.15, 0.2) is 60.8 Å². The van der Waals surface area contributed by atoms with Crippen molar-refractivity contribution >= 4 is 17.9 Å². The van der Waals surface area contributed by atoms with Gasteiger partial charge in [-0.3, -0.25) is 9.59 Å². The molecule has 0 bridgehead atoms. The summed E-state index contributed by atoms with van der Waals surface area (Å²) in [5, 5.41) is 11.7. The van der Waals surface area contributed by atoms with Gasteiger partial charge >= 0.3 is 11.9 Å². The van der Waals surface area contributed by atoms with Crippen LogP contribution in [-0.2, 0) is 28.6 Å². The van der Waals surface area contributed by atoms with Gasteiger partial charge in [0.2, 0.25) is 0 Å². The maximum absolute atomic E-state index is 12.8. The van der Waals surface area contributed by atoms with Gasteiger partial charge in [-0.25, -0.2) is 0 Å². The Balaban J connectivity index is 4.17. The summed E-state index contributed by atoms with van der Waals surface area (Å²) >= 11 is 0. The Labute approximate surface area is 432 Å². The molecule has 0 radical (unpaired) electrons. The molecule has 0 amide bonds. The van der Waals surface area contributed by atoms with Crippen LogP contribution in [0.2, 0.25) is 0 Å². The Bertz CT molecular complexity index is 1330. The van der Waals surface area contributed by atoms with Gasteiger partial charge in [-0.1, -0.05) is 229 Å². The summed E-state index contributed by atoms with van der Waals surface area (Å²) < 4.78 is 17.3. The van der Waals surface area contributed by atoms with Gasteiger partial charge in [0.1, 0.15) is 12.6 Å². The second kappa shape index (κ2) is 52.4. The standard InChI is InChI=1S/C62H111NO7/c1-6-8-10-12-14-16-18-20-22-24-26-28-30-32-34-36-38-40-42-44-46-48-50-52-60(64)69-57-58(56-68-55-54-59(62(66)67)63(3,4)5)70-61(65)53-51-49-47-45-43-41-39-37-35-33-31-29-27-25-23-21-19-17-15-13-11-9-7-2/h9,11,15,17,21,23,27,29,32,34,58-59H,6-8,10,12-14,16,18-20,22,24-26,28,30-31,33,35-57H2,1-5H3/b11-9+,17-15+,23-21+,29-27+,34-32+. The monoisotopic (exact) mass is 982 g/mol. The topological polar surface area (TPSA) is 102 Å². The van der Waals surface area contributed by atoms with Crippen LogP contribution in [0, 0.1) is 0 Å². The van der Waals surface area contributed by atoms with E-state index in [0.29, 0.717) is 12.8 Å². The zero-order valence-corrected chi connectivity index (χ0v) is 46.4. The minimum atomic E-state index is -1.12. The molecule has 70 heavy (non-hydrogen) atoms. The average molecular weight is 983 g/mol. The fourth-order valence-electron chi connectivity index (χ4n) is 8.65. The van der Waals surface area contributed by atoms with E-state index in [2.05, 4.69) is 74.6 Å². The number of unbranched alkanes of at least 4 members (excludes halogenated alkanes) is 29. The lowest BCUT2D eigenvalue weighted by Gasteiger charge is -2.34. The van der Waals surface area contributed by atoms with Crippen molar-refractivity contribution in [1.82, 2.24) is 0 Å². The minimum absolute atomic E-state index is 0.0373. The summed E-state index contributed by atoms with van der Waals surface area (Å²) in [4.78, 5) is 37.2. The largest absolute Gasteiger partial charge is 0.544 e. The number of carboxylic acids is 1. The van der Waals surface area contributed by atoms with Crippen LogP contribution in [0.1, 0.15) is 264 Å². The quantitative estimate of drug-likeness (QED) is 0.0259. The summed E-state index contributed by atoms with van der Waals surface area (Å²) in [6.45, 7) is 4.58. The average Bonchev–Trinajstić information content (AvgIpc) is 3.33. The number of hydrogen-bond donors (Lipinski definition) is 0. The molecule has 2 atom stereocenters. The molecule has 0 N–H and O–H groups in total. The summed E-state index contributed by atoms with van der Waals surface area (Å²) in [5.74, 6) is -1.74. The van der Waals surface area contributed by atoms with E-state index in [1.807, 2.05) is 21.1 Å². The van der Waals surface area contributed by atoms with Crippen molar-refractivity contribution in [3.63, 3.8) is 0 Å². The van der Waals surface area contributed by atoms with Crippen LogP contribution < -0.4 is 5.11 Å². The molecule has 0 heterocycles. The molecule has 0 fully saturated rings. The summed E-state index contributed by atoms with van der Waals surface area (Å²) in [5.41, 5.74) is 0. The van der Waals surface area contributed by atoms with E-state index in [4.69, 9.17) is 14.2 Å². The molecule has 0 aliphatic carbocycles. The number of likely N-dealkylation sites (N-methyl/N-ethyl adjacent to an activating group) is 1. The highest BCUT2D eigenvalue weighted by Crippen LogP contribution is 2.16. The van der Waals surface area contributed by atoms with Crippen molar-refractivity contribution in [2.24, 2.45) is 0 Å². The Kier molecular flexibility index (Phi) is 50.1. The van der Waals surface area contributed by atoms with Crippen molar-refractivity contribution in [2.45, 2.75) is 276 Å². The van der Waals surface area contributed by atoms with Gasteiger partial charge in [-0.2, -0.15) is 0 Å². The fraction of sp³-hybridized carbons (Fsp3) is 0.790.